The van der Waals surface area contributed by atoms with E-state index in [4.69, 9.17) is 0 Å². The smallest absolute Gasteiger partial charge is 0.252 e. The molecule has 1 aromatic carbocycles. The zero-order valence-electron chi connectivity index (χ0n) is 19.7. The van der Waals surface area contributed by atoms with Crippen LogP contribution in [0.3, 0.4) is 0 Å². The van der Waals surface area contributed by atoms with Gasteiger partial charge in [0.1, 0.15) is 23.1 Å². The third-order valence-electron chi connectivity index (χ3n) is 6.77. The highest BCUT2D eigenvalue weighted by Crippen LogP contribution is 2.37. The van der Waals surface area contributed by atoms with E-state index in [2.05, 4.69) is 39.1 Å². The summed E-state index contributed by atoms with van der Waals surface area (Å²) in [4.78, 5) is 23.1. The molecule has 1 fully saturated rings. The number of aryl methyl sites for hydroxylation is 1. The van der Waals surface area contributed by atoms with E-state index in [9.17, 15) is 14.4 Å². The summed E-state index contributed by atoms with van der Waals surface area (Å²) in [6.45, 7) is 5.67. The van der Waals surface area contributed by atoms with Crippen molar-refractivity contribution in [2.45, 2.75) is 32.0 Å². The Bertz CT molecular complexity index is 1460. The average Bonchev–Trinajstić information content (AvgIpc) is 3.39. The largest absolute Gasteiger partial charge is 0.364 e. The minimum absolute atomic E-state index is 0.0496. The number of nitrogens with zero attached hydrogens (tertiary/aromatic N) is 6. The van der Waals surface area contributed by atoms with Gasteiger partial charge in [-0.25, -0.2) is 13.7 Å². The fraction of sp³-hybridized carbons (Fsp3) is 0.308. The van der Waals surface area contributed by atoms with Gasteiger partial charge >= 0.3 is 0 Å². The molecule has 4 heterocycles. The molecule has 1 aliphatic rings. The molecule has 5 rings (SSSR count). The van der Waals surface area contributed by atoms with Gasteiger partial charge in [0.05, 0.1) is 17.2 Å². The number of anilines is 1. The molecule has 178 valence electrons. The van der Waals surface area contributed by atoms with Gasteiger partial charge in [0.15, 0.2) is 0 Å². The molecule has 0 N–H and O–H groups in total. The second-order valence-electron chi connectivity index (χ2n) is 9.02. The minimum atomic E-state index is -0.259. The zero-order chi connectivity index (χ0) is 24.7. The van der Waals surface area contributed by atoms with Crippen molar-refractivity contribution < 1.29 is 4.39 Å². The van der Waals surface area contributed by atoms with Crippen molar-refractivity contribution >= 4 is 28.3 Å². The monoisotopic (exact) mass is 488 g/mol. The standard InChI is InChI=1S/C26H25FN6OS/c1-16-15-33(26(23-10-11-29-35-23)18-4-6-19(27)7-5-18)17(2)14-32(16)22-12-24(34)31(3)21-9-8-20(13-28)30-25(21)22/h4-12,16-17,26H,14-15H2,1-3H3/t16-,17?,26?/m0/s1. The summed E-state index contributed by atoms with van der Waals surface area (Å²) in [6.07, 6.45) is 1.80. The van der Waals surface area contributed by atoms with Crippen LogP contribution in [0.5, 0.6) is 0 Å². The lowest BCUT2D eigenvalue weighted by Gasteiger charge is -2.48. The molecular weight excluding hydrogens is 463 g/mol. The van der Waals surface area contributed by atoms with Crippen molar-refractivity contribution in [2.24, 2.45) is 7.05 Å². The van der Waals surface area contributed by atoms with Crippen LogP contribution in [-0.2, 0) is 7.05 Å². The molecule has 2 unspecified atom stereocenters. The van der Waals surface area contributed by atoms with Gasteiger partial charge in [-0.3, -0.25) is 9.69 Å². The van der Waals surface area contributed by atoms with Crippen molar-refractivity contribution in [3.05, 3.63) is 87.0 Å². The predicted octanol–water partition coefficient (Wildman–Crippen LogP) is 4.09. The first-order valence-corrected chi connectivity index (χ1v) is 12.2. The van der Waals surface area contributed by atoms with E-state index in [1.54, 1.807) is 36.0 Å². The molecule has 0 saturated carbocycles. The molecule has 0 amide bonds. The van der Waals surface area contributed by atoms with Crippen LogP contribution >= 0.6 is 11.5 Å². The van der Waals surface area contributed by atoms with E-state index in [1.165, 1.54) is 23.7 Å². The number of fused-ring (bicyclic) bond motifs is 1. The zero-order valence-corrected chi connectivity index (χ0v) is 20.5. The normalized spacial score (nSPS) is 19.6. The Kier molecular flexibility index (Phi) is 6.09. The molecule has 9 heteroatoms. The third kappa shape index (κ3) is 4.20. The Balaban J connectivity index is 1.54. The van der Waals surface area contributed by atoms with Gasteiger partial charge in [-0.15, -0.1) is 0 Å². The molecule has 0 radical (unpaired) electrons. The topological polar surface area (TPSA) is 78.0 Å². The molecule has 35 heavy (non-hydrogen) atoms. The molecule has 0 spiro atoms. The van der Waals surface area contributed by atoms with E-state index >= 15 is 0 Å². The Hall–Kier alpha value is -3.61. The number of aromatic nitrogens is 3. The maximum atomic E-state index is 13.7. The molecule has 3 atom stereocenters. The van der Waals surface area contributed by atoms with E-state index in [0.717, 1.165) is 22.7 Å². The molecule has 0 aliphatic carbocycles. The summed E-state index contributed by atoms with van der Waals surface area (Å²) in [5, 5.41) is 9.40. The van der Waals surface area contributed by atoms with Gasteiger partial charge in [0.2, 0.25) is 0 Å². The summed E-state index contributed by atoms with van der Waals surface area (Å²) in [6, 6.07) is 16.0. The molecule has 3 aromatic heterocycles. The first kappa shape index (κ1) is 23.1. The van der Waals surface area contributed by atoms with Crippen molar-refractivity contribution in [1.29, 1.82) is 5.26 Å². The maximum absolute atomic E-state index is 13.7. The van der Waals surface area contributed by atoms with E-state index in [-0.39, 0.29) is 29.5 Å². The number of hydrogen-bond acceptors (Lipinski definition) is 7. The van der Waals surface area contributed by atoms with E-state index in [1.807, 2.05) is 18.2 Å². The van der Waals surface area contributed by atoms with Crippen LogP contribution in [0.4, 0.5) is 10.1 Å². The van der Waals surface area contributed by atoms with Crippen LogP contribution in [0.1, 0.15) is 36.0 Å². The van der Waals surface area contributed by atoms with Gasteiger partial charge in [-0.05, 0) is 61.3 Å². The van der Waals surface area contributed by atoms with Crippen LogP contribution in [-0.4, -0.2) is 44.0 Å². The highest BCUT2D eigenvalue weighted by Gasteiger charge is 2.36. The number of nitriles is 1. The SMILES string of the molecule is CC1CN(c2cc(=O)n(C)c3ccc(C#N)nc23)[C@@H](C)CN1C(c1ccc(F)cc1)c1ccns1. The average molecular weight is 489 g/mol. The van der Waals surface area contributed by atoms with Gasteiger partial charge in [0.25, 0.3) is 5.56 Å². The van der Waals surface area contributed by atoms with Gasteiger partial charge in [0, 0.05) is 49.4 Å². The van der Waals surface area contributed by atoms with Crippen molar-refractivity contribution in [3.8, 4) is 6.07 Å². The number of hydrogen-bond donors (Lipinski definition) is 0. The summed E-state index contributed by atoms with van der Waals surface area (Å²) in [5.74, 6) is -0.259. The van der Waals surface area contributed by atoms with E-state index < -0.39 is 0 Å². The molecule has 4 aromatic rings. The van der Waals surface area contributed by atoms with Crippen molar-refractivity contribution in [1.82, 2.24) is 18.8 Å². The number of pyridine rings is 2. The van der Waals surface area contributed by atoms with Crippen molar-refractivity contribution in [2.75, 3.05) is 18.0 Å². The lowest BCUT2D eigenvalue weighted by molar-refractivity contribution is 0.131. The summed E-state index contributed by atoms with van der Waals surface area (Å²) < 4.78 is 19.5. The Morgan fingerprint density at radius 2 is 1.89 bits per heavy atom. The number of piperazine rings is 1. The second-order valence-corrected chi connectivity index (χ2v) is 9.88. The first-order valence-electron chi connectivity index (χ1n) is 11.5. The van der Waals surface area contributed by atoms with Crippen LogP contribution in [0, 0.1) is 17.1 Å². The minimum Gasteiger partial charge on any atom is -0.364 e. The fourth-order valence-corrected chi connectivity index (χ4v) is 5.71. The number of benzene rings is 1. The van der Waals surface area contributed by atoms with Crippen molar-refractivity contribution in [3.63, 3.8) is 0 Å². The van der Waals surface area contributed by atoms with Gasteiger partial charge in [-0.2, -0.15) is 5.26 Å². The second kappa shape index (κ2) is 9.21. The Morgan fingerprint density at radius 3 is 2.57 bits per heavy atom. The molecule has 0 bridgehead atoms. The Morgan fingerprint density at radius 1 is 1.11 bits per heavy atom. The highest BCUT2D eigenvalue weighted by atomic mass is 32.1. The number of rotatable bonds is 4. The fourth-order valence-electron chi connectivity index (χ4n) is 4.97. The van der Waals surface area contributed by atoms with Crippen LogP contribution in [0.15, 0.2) is 59.5 Å². The highest BCUT2D eigenvalue weighted by molar-refractivity contribution is 7.05. The first-order chi connectivity index (χ1) is 16.9. The summed E-state index contributed by atoms with van der Waals surface area (Å²) >= 11 is 1.45. The molecule has 1 saturated heterocycles. The van der Waals surface area contributed by atoms with E-state index in [0.29, 0.717) is 23.3 Å². The molecule has 1 aliphatic heterocycles. The van der Waals surface area contributed by atoms with Crippen LogP contribution < -0.4 is 10.5 Å². The summed E-state index contributed by atoms with van der Waals surface area (Å²) in [7, 11) is 1.72. The maximum Gasteiger partial charge on any atom is 0.252 e. The quantitative estimate of drug-likeness (QED) is 0.431. The predicted molar refractivity (Wildman–Crippen MR) is 135 cm³/mol. The lowest BCUT2D eigenvalue weighted by Crippen LogP contribution is -2.57. The van der Waals surface area contributed by atoms with Crippen LogP contribution in [0.2, 0.25) is 0 Å². The third-order valence-corrected chi connectivity index (χ3v) is 7.57. The van der Waals surface area contributed by atoms with Gasteiger partial charge in [-0.1, -0.05) is 12.1 Å². The summed E-state index contributed by atoms with van der Waals surface area (Å²) in [5.41, 5.74) is 3.31. The lowest BCUT2D eigenvalue weighted by atomic mass is 9.98. The Labute approximate surface area is 206 Å². The van der Waals surface area contributed by atoms with Crippen LogP contribution in [0.25, 0.3) is 11.0 Å². The number of halogens is 1. The van der Waals surface area contributed by atoms with Gasteiger partial charge < -0.3 is 9.47 Å². The molecule has 7 nitrogen and oxygen atoms in total. The molecular formula is C26H25FN6OS.